The van der Waals surface area contributed by atoms with Crippen LogP contribution in [0.3, 0.4) is 0 Å². The van der Waals surface area contributed by atoms with Gasteiger partial charge in [0.1, 0.15) is 46.4 Å². The average Bonchev–Trinajstić information content (AvgIpc) is 3.93. The van der Waals surface area contributed by atoms with Gasteiger partial charge in [-0.05, 0) is 55.8 Å². The summed E-state index contributed by atoms with van der Waals surface area (Å²) in [5, 5.41) is 13.5. The molecule has 0 spiro atoms. The summed E-state index contributed by atoms with van der Waals surface area (Å²) in [7, 11) is 0. The number of carbonyl (C=O) groups is 1. The van der Waals surface area contributed by atoms with Crippen molar-refractivity contribution in [3.8, 4) is 35.4 Å². The van der Waals surface area contributed by atoms with Crippen molar-refractivity contribution in [3.63, 3.8) is 0 Å². The van der Waals surface area contributed by atoms with E-state index in [4.69, 9.17) is 16.1 Å². The molecule has 2 aromatic carbocycles. The number of piperazine rings is 1. The summed E-state index contributed by atoms with van der Waals surface area (Å²) in [6.45, 7) is 1.70. The lowest BCUT2D eigenvalue weighted by Crippen LogP contribution is -2.56. The SMILES string of the molecule is C#Cc1c(F)ccc2cc(O)cc(-c3ncc4c(N5C[C@H]6CC[C@@H](C5)N6C(=O)/C(F)=C/c5nccs5)nc(OC[C@@]56CCCN5C[C@H](F)C6)nc4c3F)c12. The van der Waals surface area contributed by atoms with E-state index in [9.17, 15) is 18.7 Å². The van der Waals surface area contributed by atoms with Crippen LogP contribution in [0.5, 0.6) is 11.8 Å². The number of alkyl halides is 1. The number of terminal acetylenes is 1. The van der Waals surface area contributed by atoms with Gasteiger partial charge in [0, 0.05) is 60.9 Å². The van der Waals surface area contributed by atoms with Gasteiger partial charge in [0.15, 0.2) is 11.6 Å². The van der Waals surface area contributed by atoms with Gasteiger partial charge in [-0.2, -0.15) is 9.97 Å². The van der Waals surface area contributed by atoms with Crippen molar-refractivity contribution >= 4 is 50.8 Å². The summed E-state index contributed by atoms with van der Waals surface area (Å²) in [5.74, 6) is -0.725. The van der Waals surface area contributed by atoms with Crippen LogP contribution in [0.1, 0.15) is 42.7 Å². The van der Waals surface area contributed by atoms with Gasteiger partial charge >= 0.3 is 6.01 Å². The average molecular weight is 756 g/mol. The van der Waals surface area contributed by atoms with E-state index in [1.807, 2.05) is 4.90 Å². The lowest BCUT2D eigenvalue weighted by molar-refractivity contribution is -0.131. The number of fused-ring (bicyclic) bond motifs is 5. The molecular formula is C39H33F4N7O3S. The molecule has 1 N–H and O–H groups in total. The number of benzene rings is 2. The first-order chi connectivity index (χ1) is 26.1. The molecule has 7 heterocycles. The van der Waals surface area contributed by atoms with Crippen LogP contribution in [-0.2, 0) is 4.79 Å². The number of aromatic hydroxyl groups is 1. The van der Waals surface area contributed by atoms with Crippen molar-refractivity contribution in [2.75, 3.05) is 37.7 Å². The van der Waals surface area contributed by atoms with Crippen LogP contribution in [0.4, 0.5) is 23.4 Å². The quantitative estimate of drug-likeness (QED) is 0.115. The zero-order valence-electron chi connectivity index (χ0n) is 28.8. The molecule has 10 nitrogen and oxygen atoms in total. The largest absolute Gasteiger partial charge is 0.508 e. The second kappa shape index (κ2) is 13.2. The lowest BCUT2D eigenvalue weighted by Gasteiger charge is -2.41. The number of pyridine rings is 1. The highest BCUT2D eigenvalue weighted by atomic mass is 32.1. The molecule has 54 heavy (non-hydrogen) atoms. The second-order valence-corrected chi connectivity index (χ2v) is 15.3. The number of phenols is 1. The molecule has 4 aliphatic heterocycles. The number of anilines is 1. The first kappa shape index (κ1) is 34.4. The fourth-order valence-corrected chi connectivity index (χ4v) is 9.48. The zero-order valence-corrected chi connectivity index (χ0v) is 29.6. The molecule has 4 saturated heterocycles. The van der Waals surface area contributed by atoms with E-state index in [0.29, 0.717) is 42.0 Å². The first-order valence-corrected chi connectivity index (χ1v) is 18.6. The van der Waals surface area contributed by atoms with Gasteiger partial charge in [0.2, 0.25) is 0 Å². The highest BCUT2D eigenvalue weighted by Crippen LogP contribution is 2.43. The summed E-state index contributed by atoms with van der Waals surface area (Å²) < 4.78 is 68.1. The third kappa shape index (κ3) is 5.70. The number of phenolic OH excluding ortho intramolecular Hbond substituents is 1. The number of thiazole rings is 1. The molecule has 0 radical (unpaired) electrons. The van der Waals surface area contributed by atoms with Crippen molar-refractivity contribution in [1.29, 1.82) is 0 Å². The van der Waals surface area contributed by atoms with E-state index in [1.165, 1.54) is 48.0 Å². The fourth-order valence-electron chi connectivity index (χ4n) is 8.92. The highest BCUT2D eigenvalue weighted by Gasteiger charge is 2.50. The lowest BCUT2D eigenvalue weighted by atomic mass is 9.95. The number of rotatable bonds is 7. The Labute approximate surface area is 311 Å². The predicted octanol–water partition coefficient (Wildman–Crippen LogP) is 6.41. The molecule has 5 aromatic rings. The van der Waals surface area contributed by atoms with Gasteiger partial charge in [-0.3, -0.25) is 14.7 Å². The van der Waals surface area contributed by atoms with Crippen LogP contribution in [0, 0.1) is 24.0 Å². The maximum atomic E-state index is 17.0. The van der Waals surface area contributed by atoms with E-state index in [-0.39, 0.29) is 76.7 Å². The maximum Gasteiger partial charge on any atom is 0.319 e. The summed E-state index contributed by atoms with van der Waals surface area (Å²) in [6, 6.07) is 4.45. The standard InChI is InChI=1S/C39H33F4N7O3S/c1-2-26-29(41)7-4-21-12-25(51)13-27(32(21)26)34-33(43)35-28(16-45-34)36(47-38(46-35)53-20-39-8-3-10-49(39)17-22(40)15-39)48-18-23-5-6-24(19-48)50(23)37(52)30(42)14-31-44-9-11-54-31/h1,4,7,9,11-14,16,22-24,51H,3,5-6,8,10,15,17-20H2/b30-14-/t22-,23-,24+,39+/m1/s1. The van der Waals surface area contributed by atoms with Gasteiger partial charge < -0.3 is 19.6 Å². The first-order valence-electron chi connectivity index (χ1n) is 17.8. The Hall–Kier alpha value is -5.33. The molecule has 276 valence electrons. The molecule has 1 amide bonds. The van der Waals surface area contributed by atoms with E-state index < -0.39 is 35.1 Å². The minimum Gasteiger partial charge on any atom is -0.508 e. The van der Waals surface area contributed by atoms with Gasteiger partial charge in [-0.1, -0.05) is 12.0 Å². The van der Waals surface area contributed by atoms with Gasteiger partial charge in [0.25, 0.3) is 5.91 Å². The Bertz CT molecular complexity index is 2390. The molecule has 3 aromatic heterocycles. The molecular weight excluding hydrogens is 723 g/mol. The molecule has 15 heteroatoms. The van der Waals surface area contributed by atoms with Crippen LogP contribution in [0.25, 0.3) is 39.0 Å². The summed E-state index contributed by atoms with van der Waals surface area (Å²) in [4.78, 5) is 36.8. The highest BCUT2D eigenvalue weighted by molar-refractivity contribution is 7.10. The van der Waals surface area contributed by atoms with E-state index in [2.05, 4.69) is 25.8 Å². The molecule has 0 unspecified atom stereocenters. The molecule has 4 atom stereocenters. The summed E-state index contributed by atoms with van der Waals surface area (Å²) >= 11 is 1.23. The van der Waals surface area contributed by atoms with Crippen molar-refractivity contribution in [3.05, 3.63) is 70.1 Å². The Morgan fingerprint density at radius 2 is 1.96 bits per heavy atom. The number of halogens is 4. The molecule has 0 aliphatic carbocycles. The monoisotopic (exact) mass is 755 g/mol. The third-order valence-corrected chi connectivity index (χ3v) is 12.0. The van der Waals surface area contributed by atoms with Crippen LogP contribution in [0.2, 0.25) is 0 Å². The number of aromatic nitrogens is 4. The third-order valence-electron chi connectivity index (χ3n) is 11.2. The molecule has 2 bridgehead atoms. The number of nitrogens with zero attached hydrogens (tertiary/aromatic N) is 7. The van der Waals surface area contributed by atoms with Crippen LogP contribution >= 0.6 is 11.3 Å². The Morgan fingerprint density at radius 3 is 2.72 bits per heavy atom. The van der Waals surface area contributed by atoms with Crippen molar-refractivity contribution in [1.82, 2.24) is 29.7 Å². The van der Waals surface area contributed by atoms with Crippen molar-refractivity contribution < 1.29 is 32.2 Å². The zero-order chi connectivity index (χ0) is 37.3. The molecule has 9 rings (SSSR count). The summed E-state index contributed by atoms with van der Waals surface area (Å²) in [5.41, 5.74) is -0.945. The Balaban J connectivity index is 1.13. The Kier molecular flexibility index (Phi) is 8.42. The van der Waals surface area contributed by atoms with Crippen LogP contribution in [0.15, 0.2) is 47.9 Å². The number of hydrogen-bond donors (Lipinski definition) is 1. The number of amides is 1. The van der Waals surface area contributed by atoms with Crippen molar-refractivity contribution in [2.24, 2.45) is 0 Å². The summed E-state index contributed by atoms with van der Waals surface area (Å²) in [6.07, 6.45) is 12.0. The van der Waals surface area contributed by atoms with E-state index in [1.54, 1.807) is 10.3 Å². The molecule has 4 aliphatic rings. The van der Waals surface area contributed by atoms with Gasteiger partial charge in [0.05, 0.1) is 28.6 Å². The van der Waals surface area contributed by atoms with Crippen LogP contribution < -0.4 is 9.64 Å². The maximum absolute atomic E-state index is 17.0. The number of hydrogen-bond acceptors (Lipinski definition) is 10. The predicted molar refractivity (Wildman–Crippen MR) is 195 cm³/mol. The smallest absolute Gasteiger partial charge is 0.319 e. The fraction of sp³-hybridized carbons (Fsp3) is 0.359. The molecule has 4 fully saturated rings. The van der Waals surface area contributed by atoms with Gasteiger partial charge in [-0.15, -0.1) is 17.8 Å². The normalized spacial score (nSPS) is 24.1. The van der Waals surface area contributed by atoms with E-state index in [0.717, 1.165) is 25.5 Å². The number of carbonyl (C=O) groups excluding carboxylic acids is 1. The molecule has 0 saturated carbocycles. The van der Waals surface area contributed by atoms with Gasteiger partial charge in [-0.25, -0.2) is 22.5 Å². The van der Waals surface area contributed by atoms with Crippen LogP contribution in [-0.4, -0.2) is 97.3 Å². The number of ether oxygens (including phenoxy) is 1. The van der Waals surface area contributed by atoms with Crippen molar-refractivity contribution in [2.45, 2.75) is 55.9 Å². The topological polar surface area (TPSA) is 108 Å². The minimum absolute atomic E-state index is 0.0675. The second-order valence-electron chi connectivity index (χ2n) is 14.4. The minimum atomic E-state index is -0.987. The van der Waals surface area contributed by atoms with E-state index >= 15 is 8.78 Å². The Morgan fingerprint density at radius 1 is 1.15 bits per heavy atom.